The molecule has 3 nitrogen and oxygen atoms in total. The van der Waals surface area contributed by atoms with Gasteiger partial charge in [-0.05, 0) is 36.4 Å². The molecule has 3 rings (SSSR count). The van der Waals surface area contributed by atoms with Gasteiger partial charge in [-0.25, -0.2) is 4.39 Å². The SMILES string of the molecule is O=C(c1ccccc1)N1CCN(c2ccc(F)cc2)CC1. The maximum absolute atomic E-state index is 12.9. The Bertz CT molecular complexity index is 604. The molecule has 0 radical (unpaired) electrons. The van der Waals surface area contributed by atoms with E-state index in [9.17, 15) is 9.18 Å². The number of hydrogen-bond acceptors (Lipinski definition) is 2. The molecular formula is C17H17FN2O. The molecule has 0 aliphatic carbocycles. The Hall–Kier alpha value is -2.36. The van der Waals surface area contributed by atoms with Crippen molar-refractivity contribution in [2.75, 3.05) is 31.1 Å². The van der Waals surface area contributed by atoms with E-state index in [-0.39, 0.29) is 11.7 Å². The van der Waals surface area contributed by atoms with Crippen LogP contribution < -0.4 is 4.90 Å². The number of benzene rings is 2. The summed E-state index contributed by atoms with van der Waals surface area (Å²) in [5.41, 5.74) is 1.73. The van der Waals surface area contributed by atoms with Crippen LogP contribution in [-0.2, 0) is 0 Å². The molecule has 108 valence electrons. The van der Waals surface area contributed by atoms with E-state index in [0.29, 0.717) is 13.1 Å². The van der Waals surface area contributed by atoms with Crippen molar-refractivity contribution in [1.29, 1.82) is 0 Å². The highest BCUT2D eigenvalue weighted by molar-refractivity contribution is 5.94. The Balaban J connectivity index is 1.63. The van der Waals surface area contributed by atoms with Gasteiger partial charge in [0, 0.05) is 37.4 Å². The summed E-state index contributed by atoms with van der Waals surface area (Å²) in [5, 5.41) is 0. The van der Waals surface area contributed by atoms with Crippen LogP contribution in [0.1, 0.15) is 10.4 Å². The number of anilines is 1. The van der Waals surface area contributed by atoms with Crippen LogP contribution in [0.2, 0.25) is 0 Å². The van der Waals surface area contributed by atoms with Gasteiger partial charge in [0.05, 0.1) is 0 Å². The molecule has 21 heavy (non-hydrogen) atoms. The number of carbonyl (C=O) groups is 1. The van der Waals surface area contributed by atoms with Crippen molar-refractivity contribution in [2.45, 2.75) is 0 Å². The topological polar surface area (TPSA) is 23.6 Å². The minimum Gasteiger partial charge on any atom is -0.368 e. The van der Waals surface area contributed by atoms with E-state index in [1.165, 1.54) is 12.1 Å². The minimum absolute atomic E-state index is 0.0781. The van der Waals surface area contributed by atoms with Crippen molar-refractivity contribution in [1.82, 2.24) is 4.90 Å². The number of nitrogens with zero attached hydrogens (tertiary/aromatic N) is 2. The summed E-state index contributed by atoms with van der Waals surface area (Å²) in [5.74, 6) is -0.147. The molecule has 1 aliphatic rings. The molecular weight excluding hydrogens is 267 g/mol. The maximum Gasteiger partial charge on any atom is 0.253 e. The molecule has 1 amide bonds. The lowest BCUT2D eigenvalue weighted by molar-refractivity contribution is 0.0747. The molecule has 0 N–H and O–H groups in total. The average Bonchev–Trinajstić information content (AvgIpc) is 2.56. The summed E-state index contributed by atoms with van der Waals surface area (Å²) < 4.78 is 12.9. The molecule has 1 fully saturated rings. The van der Waals surface area contributed by atoms with Gasteiger partial charge in [-0.1, -0.05) is 18.2 Å². The van der Waals surface area contributed by atoms with Crippen LogP contribution in [-0.4, -0.2) is 37.0 Å². The molecule has 0 saturated carbocycles. The summed E-state index contributed by atoms with van der Waals surface area (Å²) in [7, 11) is 0. The molecule has 1 saturated heterocycles. The van der Waals surface area contributed by atoms with Crippen LogP contribution >= 0.6 is 0 Å². The third-order valence-corrected chi connectivity index (χ3v) is 3.78. The van der Waals surface area contributed by atoms with Crippen molar-refractivity contribution in [3.8, 4) is 0 Å². The molecule has 2 aromatic carbocycles. The summed E-state index contributed by atoms with van der Waals surface area (Å²) in [6, 6.07) is 15.8. The first-order chi connectivity index (χ1) is 10.2. The molecule has 0 atom stereocenters. The predicted molar refractivity (Wildman–Crippen MR) is 81.0 cm³/mol. The zero-order valence-electron chi connectivity index (χ0n) is 11.7. The molecule has 0 bridgehead atoms. The summed E-state index contributed by atoms with van der Waals surface area (Å²) >= 11 is 0. The van der Waals surface area contributed by atoms with E-state index in [4.69, 9.17) is 0 Å². The van der Waals surface area contributed by atoms with Crippen molar-refractivity contribution < 1.29 is 9.18 Å². The smallest absolute Gasteiger partial charge is 0.253 e. The van der Waals surface area contributed by atoms with Gasteiger partial charge in [-0.2, -0.15) is 0 Å². The highest BCUT2D eigenvalue weighted by Crippen LogP contribution is 2.17. The second-order valence-corrected chi connectivity index (χ2v) is 5.12. The molecule has 1 aliphatic heterocycles. The highest BCUT2D eigenvalue weighted by atomic mass is 19.1. The standard InChI is InChI=1S/C17H17FN2O/c18-15-6-8-16(9-7-15)19-10-12-20(13-11-19)17(21)14-4-2-1-3-5-14/h1-9H,10-13H2. The minimum atomic E-state index is -0.225. The lowest BCUT2D eigenvalue weighted by atomic mass is 10.1. The van der Waals surface area contributed by atoms with Gasteiger partial charge in [0.1, 0.15) is 5.82 Å². The predicted octanol–water partition coefficient (Wildman–Crippen LogP) is 2.79. The number of halogens is 1. The van der Waals surface area contributed by atoms with E-state index in [2.05, 4.69) is 4.90 Å². The largest absolute Gasteiger partial charge is 0.368 e. The van der Waals surface area contributed by atoms with E-state index >= 15 is 0 Å². The third kappa shape index (κ3) is 3.05. The van der Waals surface area contributed by atoms with Crippen molar-refractivity contribution in [3.05, 3.63) is 66.0 Å². The molecule has 1 heterocycles. The summed E-state index contributed by atoms with van der Waals surface area (Å²) in [6.07, 6.45) is 0. The zero-order valence-corrected chi connectivity index (χ0v) is 11.7. The number of piperazine rings is 1. The van der Waals surface area contributed by atoms with Crippen LogP contribution in [0.5, 0.6) is 0 Å². The van der Waals surface area contributed by atoms with Gasteiger partial charge in [-0.15, -0.1) is 0 Å². The zero-order chi connectivity index (χ0) is 14.7. The third-order valence-electron chi connectivity index (χ3n) is 3.78. The fourth-order valence-electron chi connectivity index (χ4n) is 2.58. The van der Waals surface area contributed by atoms with Gasteiger partial charge < -0.3 is 9.80 Å². The van der Waals surface area contributed by atoms with E-state index in [1.54, 1.807) is 12.1 Å². The van der Waals surface area contributed by atoms with Crippen LogP contribution in [0.4, 0.5) is 10.1 Å². The molecule has 0 unspecified atom stereocenters. The summed E-state index contributed by atoms with van der Waals surface area (Å²) in [6.45, 7) is 2.91. The molecule has 2 aromatic rings. The monoisotopic (exact) mass is 284 g/mol. The Morgan fingerprint density at radius 2 is 1.48 bits per heavy atom. The van der Waals surface area contributed by atoms with Crippen molar-refractivity contribution >= 4 is 11.6 Å². The van der Waals surface area contributed by atoms with E-state index in [0.717, 1.165) is 24.3 Å². The first-order valence-electron chi connectivity index (χ1n) is 7.09. The Labute approximate surface area is 123 Å². The Morgan fingerprint density at radius 3 is 2.10 bits per heavy atom. The Kier molecular flexibility index (Phi) is 3.86. The quantitative estimate of drug-likeness (QED) is 0.846. The van der Waals surface area contributed by atoms with Gasteiger partial charge in [0.2, 0.25) is 0 Å². The molecule has 4 heteroatoms. The lowest BCUT2D eigenvalue weighted by Crippen LogP contribution is -2.48. The fraction of sp³-hybridized carbons (Fsp3) is 0.235. The van der Waals surface area contributed by atoms with Crippen LogP contribution in [0.15, 0.2) is 54.6 Å². The van der Waals surface area contributed by atoms with Crippen LogP contribution in [0.25, 0.3) is 0 Å². The van der Waals surface area contributed by atoms with Gasteiger partial charge >= 0.3 is 0 Å². The highest BCUT2D eigenvalue weighted by Gasteiger charge is 2.22. The first kappa shape index (κ1) is 13.6. The molecule has 0 aromatic heterocycles. The Morgan fingerprint density at radius 1 is 0.857 bits per heavy atom. The lowest BCUT2D eigenvalue weighted by Gasteiger charge is -2.36. The van der Waals surface area contributed by atoms with Gasteiger partial charge in [-0.3, -0.25) is 4.79 Å². The second kappa shape index (κ2) is 5.95. The summed E-state index contributed by atoms with van der Waals surface area (Å²) in [4.78, 5) is 16.4. The van der Waals surface area contributed by atoms with Crippen molar-refractivity contribution in [3.63, 3.8) is 0 Å². The van der Waals surface area contributed by atoms with Gasteiger partial charge in [0.25, 0.3) is 5.91 Å². The van der Waals surface area contributed by atoms with E-state index in [1.807, 2.05) is 35.2 Å². The maximum atomic E-state index is 12.9. The van der Waals surface area contributed by atoms with Gasteiger partial charge in [0.15, 0.2) is 0 Å². The fourth-order valence-corrected chi connectivity index (χ4v) is 2.58. The number of rotatable bonds is 2. The van der Waals surface area contributed by atoms with E-state index < -0.39 is 0 Å². The van der Waals surface area contributed by atoms with Crippen molar-refractivity contribution in [2.24, 2.45) is 0 Å². The van der Waals surface area contributed by atoms with Crippen LogP contribution in [0.3, 0.4) is 0 Å². The average molecular weight is 284 g/mol. The van der Waals surface area contributed by atoms with Crippen LogP contribution in [0, 0.1) is 5.82 Å². The molecule has 0 spiro atoms. The second-order valence-electron chi connectivity index (χ2n) is 5.12. The first-order valence-corrected chi connectivity index (χ1v) is 7.09. The number of carbonyl (C=O) groups excluding carboxylic acids is 1. The normalized spacial score (nSPS) is 15.1. The number of hydrogen-bond donors (Lipinski definition) is 0. The number of amides is 1.